The molecule has 2 heteroatoms. The molecule has 1 saturated carbocycles. The predicted molar refractivity (Wildman–Crippen MR) is 79.6 cm³/mol. The standard InChI is InChI=1S/C17H25NO/c1-13-8-10-15(11-9-13)17(19)12-18(3)16-7-5-4-6-14(16)2/h8-11,14,16H,4-7,12H2,1-3H3. The maximum absolute atomic E-state index is 12.3. The van der Waals surface area contributed by atoms with Crippen molar-refractivity contribution in [1.29, 1.82) is 0 Å². The zero-order valence-electron chi connectivity index (χ0n) is 12.4. The topological polar surface area (TPSA) is 20.3 Å². The van der Waals surface area contributed by atoms with Crippen LogP contribution in [0.3, 0.4) is 0 Å². The molecule has 2 atom stereocenters. The largest absolute Gasteiger partial charge is 0.296 e. The molecule has 1 aliphatic carbocycles. The lowest BCUT2D eigenvalue weighted by Gasteiger charge is -2.35. The van der Waals surface area contributed by atoms with Crippen molar-refractivity contribution in [2.24, 2.45) is 5.92 Å². The van der Waals surface area contributed by atoms with Crippen LogP contribution in [-0.2, 0) is 0 Å². The lowest BCUT2D eigenvalue weighted by molar-refractivity contribution is 0.0851. The summed E-state index contributed by atoms with van der Waals surface area (Å²) in [5.74, 6) is 0.949. The number of carbonyl (C=O) groups is 1. The molecule has 0 aromatic heterocycles. The van der Waals surface area contributed by atoms with Crippen LogP contribution in [0.4, 0.5) is 0 Å². The first-order valence-electron chi connectivity index (χ1n) is 7.38. The maximum atomic E-state index is 12.3. The highest BCUT2D eigenvalue weighted by atomic mass is 16.1. The second-order valence-corrected chi connectivity index (χ2v) is 6.03. The molecule has 2 rings (SSSR count). The van der Waals surface area contributed by atoms with Gasteiger partial charge in [-0.3, -0.25) is 9.69 Å². The molecule has 104 valence electrons. The highest BCUT2D eigenvalue weighted by Crippen LogP contribution is 2.27. The summed E-state index contributed by atoms with van der Waals surface area (Å²) < 4.78 is 0. The Morgan fingerprint density at radius 3 is 2.47 bits per heavy atom. The lowest BCUT2D eigenvalue weighted by atomic mass is 9.85. The zero-order chi connectivity index (χ0) is 13.8. The smallest absolute Gasteiger partial charge is 0.176 e. The Morgan fingerprint density at radius 2 is 1.84 bits per heavy atom. The summed E-state index contributed by atoms with van der Waals surface area (Å²) in [6.07, 6.45) is 5.18. The fourth-order valence-corrected chi connectivity index (χ4v) is 3.13. The molecule has 0 heterocycles. The van der Waals surface area contributed by atoms with Gasteiger partial charge in [-0.25, -0.2) is 0 Å². The van der Waals surface area contributed by atoms with Crippen molar-refractivity contribution in [3.63, 3.8) is 0 Å². The zero-order valence-corrected chi connectivity index (χ0v) is 12.4. The van der Waals surface area contributed by atoms with E-state index in [1.54, 1.807) is 0 Å². The first-order chi connectivity index (χ1) is 9.08. The van der Waals surface area contributed by atoms with Gasteiger partial charge in [0, 0.05) is 11.6 Å². The molecule has 0 spiro atoms. The summed E-state index contributed by atoms with van der Waals surface area (Å²) in [6.45, 7) is 4.90. The monoisotopic (exact) mass is 259 g/mol. The van der Waals surface area contributed by atoms with Gasteiger partial charge in [0.1, 0.15) is 0 Å². The Hall–Kier alpha value is -1.15. The molecule has 1 aromatic rings. The van der Waals surface area contributed by atoms with Gasteiger partial charge in [0.15, 0.2) is 5.78 Å². The molecule has 0 bridgehead atoms. The van der Waals surface area contributed by atoms with E-state index >= 15 is 0 Å². The fraction of sp³-hybridized carbons (Fsp3) is 0.588. The summed E-state index contributed by atoms with van der Waals surface area (Å²) in [6, 6.07) is 8.47. The van der Waals surface area contributed by atoms with Crippen molar-refractivity contribution in [3.05, 3.63) is 35.4 Å². The van der Waals surface area contributed by atoms with Crippen molar-refractivity contribution >= 4 is 5.78 Å². The van der Waals surface area contributed by atoms with Gasteiger partial charge >= 0.3 is 0 Å². The number of rotatable bonds is 4. The minimum atomic E-state index is 0.236. The molecular weight excluding hydrogens is 234 g/mol. The van der Waals surface area contributed by atoms with E-state index in [1.165, 1.54) is 31.2 Å². The quantitative estimate of drug-likeness (QED) is 0.769. The molecule has 0 amide bonds. The third-order valence-electron chi connectivity index (χ3n) is 4.40. The number of Topliss-reactive ketones (excluding diaryl/α,β-unsaturated/α-hetero) is 1. The Kier molecular flexibility index (Phi) is 4.76. The van der Waals surface area contributed by atoms with Crippen LogP contribution < -0.4 is 0 Å². The number of hydrogen-bond donors (Lipinski definition) is 0. The third-order valence-corrected chi connectivity index (χ3v) is 4.40. The molecule has 19 heavy (non-hydrogen) atoms. The summed E-state index contributed by atoms with van der Waals surface area (Å²) >= 11 is 0. The average molecular weight is 259 g/mol. The molecule has 1 aliphatic rings. The van der Waals surface area contributed by atoms with E-state index in [4.69, 9.17) is 0 Å². The lowest BCUT2D eigenvalue weighted by Crippen LogP contribution is -2.41. The van der Waals surface area contributed by atoms with Crippen molar-refractivity contribution < 1.29 is 4.79 Å². The Bertz CT molecular complexity index is 423. The van der Waals surface area contributed by atoms with Gasteiger partial charge in [0.05, 0.1) is 6.54 Å². The summed E-state index contributed by atoms with van der Waals surface area (Å²) in [5, 5.41) is 0. The fourth-order valence-electron chi connectivity index (χ4n) is 3.13. The second kappa shape index (κ2) is 6.33. The minimum absolute atomic E-state index is 0.236. The number of hydrogen-bond acceptors (Lipinski definition) is 2. The molecule has 1 aromatic carbocycles. The molecule has 0 radical (unpaired) electrons. The molecule has 1 fully saturated rings. The Morgan fingerprint density at radius 1 is 1.21 bits per heavy atom. The molecule has 2 nitrogen and oxygen atoms in total. The van der Waals surface area contributed by atoms with E-state index < -0.39 is 0 Å². The SMILES string of the molecule is Cc1ccc(C(=O)CN(C)C2CCCCC2C)cc1. The Balaban J connectivity index is 1.96. The van der Waals surface area contributed by atoms with Crippen molar-refractivity contribution in [3.8, 4) is 0 Å². The van der Waals surface area contributed by atoms with Crippen LogP contribution in [0.25, 0.3) is 0 Å². The first kappa shape index (κ1) is 14.3. The van der Waals surface area contributed by atoms with Crippen LogP contribution in [0.1, 0.15) is 48.5 Å². The van der Waals surface area contributed by atoms with Gasteiger partial charge in [-0.05, 0) is 32.7 Å². The molecular formula is C17H25NO. The van der Waals surface area contributed by atoms with Crippen LogP contribution >= 0.6 is 0 Å². The van der Waals surface area contributed by atoms with Crippen molar-refractivity contribution in [1.82, 2.24) is 4.90 Å². The molecule has 0 saturated heterocycles. The number of nitrogens with zero attached hydrogens (tertiary/aromatic N) is 1. The van der Waals surface area contributed by atoms with E-state index in [1.807, 2.05) is 31.2 Å². The van der Waals surface area contributed by atoms with Crippen LogP contribution in [0, 0.1) is 12.8 Å². The van der Waals surface area contributed by atoms with Crippen LogP contribution in [-0.4, -0.2) is 30.3 Å². The van der Waals surface area contributed by atoms with Crippen molar-refractivity contribution in [2.45, 2.75) is 45.6 Å². The minimum Gasteiger partial charge on any atom is -0.296 e. The number of benzene rings is 1. The van der Waals surface area contributed by atoms with E-state index in [2.05, 4.69) is 18.9 Å². The van der Waals surface area contributed by atoms with Crippen LogP contribution in [0.5, 0.6) is 0 Å². The predicted octanol–water partition coefficient (Wildman–Crippen LogP) is 3.69. The van der Waals surface area contributed by atoms with E-state index in [0.29, 0.717) is 18.5 Å². The summed E-state index contributed by atoms with van der Waals surface area (Å²) in [4.78, 5) is 14.5. The molecule has 0 N–H and O–H groups in total. The number of aryl methyl sites for hydroxylation is 1. The number of carbonyl (C=O) groups excluding carboxylic acids is 1. The highest BCUT2D eigenvalue weighted by molar-refractivity contribution is 5.97. The summed E-state index contributed by atoms with van der Waals surface area (Å²) in [5.41, 5.74) is 2.03. The van der Waals surface area contributed by atoms with Crippen LogP contribution in [0.2, 0.25) is 0 Å². The normalized spacial score (nSPS) is 23.6. The van der Waals surface area contributed by atoms with Gasteiger partial charge in [0.2, 0.25) is 0 Å². The molecule has 2 unspecified atom stereocenters. The van der Waals surface area contributed by atoms with E-state index in [0.717, 1.165) is 5.56 Å². The maximum Gasteiger partial charge on any atom is 0.176 e. The highest BCUT2D eigenvalue weighted by Gasteiger charge is 2.26. The van der Waals surface area contributed by atoms with Gasteiger partial charge in [-0.15, -0.1) is 0 Å². The van der Waals surface area contributed by atoms with Gasteiger partial charge in [-0.1, -0.05) is 49.6 Å². The summed E-state index contributed by atoms with van der Waals surface area (Å²) in [7, 11) is 2.10. The van der Waals surface area contributed by atoms with Gasteiger partial charge in [0.25, 0.3) is 0 Å². The third kappa shape index (κ3) is 3.66. The van der Waals surface area contributed by atoms with Gasteiger partial charge < -0.3 is 0 Å². The number of likely N-dealkylation sites (N-methyl/N-ethyl adjacent to an activating group) is 1. The van der Waals surface area contributed by atoms with Gasteiger partial charge in [-0.2, -0.15) is 0 Å². The van der Waals surface area contributed by atoms with E-state index in [-0.39, 0.29) is 5.78 Å². The average Bonchev–Trinajstić information content (AvgIpc) is 2.39. The first-order valence-corrected chi connectivity index (χ1v) is 7.38. The van der Waals surface area contributed by atoms with Crippen molar-refractivity contribution in [2.75, 3.05) is 13.6 Å². The van der Waals surface area contributed by atoms with Crippen LogP contribution in [0.15, 0.2) is 24.3 Å². The van der Waals surface area contributed by atoms with E-state index in [9.17, 15) is 4.79 Å². The number of ketones is 1. The molecule has 0 aliphatic heterocycles. The second-order valence-electron chi connectivity index (χ2n) is 6.03. The Labute approximate surface area is 116 Å².